The molecular formula is C18H21N3. The predicted octanol–water partition coefficient (Wildman–Crippen LogP) is 2.33. The molecule has 108 valence electrons. The van der Waals surface area contributed by atoms with E-state index in [1.165, 1.54) is 5.56 Å². The van der Waals surface area contributed by atoms with Gasteiger partial charge in [0.05, 0.1) is 12.2 Å². The average Bonchev–Trinajstić information content (AvgIpc) is 2.46. The Balaban J connectivity index is 1.94. The summed E-state index contributed by atoms with van der Waals surface area (Å²) in [6.45, 7) is 4.15. The SMILES string of the molecule is Cc1cccc(CN(C)Cc2ccc(C#CCN)cc2)n1. The van der Waals surface area contributed by atoms with E-state index < -0.39 is 0 Å². The minimum Gasteiger partial charge on any atom is -0.320 e. The molecule has 0 aliphatic heterocycles. The Morgan fingerprint density at radius 2 is 1.86 bits per heavy atom. The van der Waals surface area contributed by atoms with Crippen molar-refractivity contribution in [1.29, 1.82) is 0 Å². The van der Waals surface area contributed by atoms with E-state index in [0.717, 1.165) is 30.0 Å². The van der Waals surface area contributed by atoms with Crippen LogP contribution in [0, 0.1) is 18.8 Å². The van der Waals surface area contributed by atoms with Crippen molar-refractivity contribution in [2.75, 3.05) is 13.6 Å². The molecule has 0 saturated heterocycles. The van der Waals surface area contributed by atoms with Crippen LogP contribution in [-0.2, 0) is 13.1 Å². The van der Waals surface area contributed by atoms with E-state index >= 15 is 0 Å². The van der Waals surface area contributed by atoms with E-state index in [-0.39, 0.29) is 0 Å². The van der Waals surface area contributed by atoms with E-state index in [9.17, 15) is 0 Å². The largest absolute Gasteiger partial charge is 0.320 e. The van der Waals surface area contributed by atoms with Crippen molar-refractivity contribution < 1.29 is 0 Å². The zero-order chi connectivity index (χ0) is 15.1. The van der Waals surface area contributed by atoms with Gasteiger partial charge in [-0.25, -0.2) is 0 Å². The maximum absolute atomic E-state index is 5.37. The predicted molar refractivity (Wildman–Crippen MR) is 86.5 cm³/mol. The fourth-order valence-corrected chi connectivity index (χ4v) is 2.18. The van der Waals surface area contributed by atoms with Crippen molar-refractivity contribution in [2.24, 2.45) is 5.73 Å². The van der Waals surface area contributed by atoms with Crippen molar-refractivity contribution >= 4 is 0 Å². The second-order valence-corrected chi connectivity index (χ2v) is 5.15. The van der Waals surface area contributed by atoms with Gasteiger partial charge in [0.2, 0.25) is 0 Å². The molecule has 0 amide bonds. The first kappa shape index (κ1) is 15.2. The van der Waals surface area contributed by atoms with Gasteiger partial charge in [-0.15, -0.1) is 0 Å². The number of hydrogen-bond acceptors (Lipinski definition) is 3. The summed E-state index contributed by atoms with van der Waals surface area (Å²) in [4.78, 5) is 6.78. The van der Waals surface area contributed by atoms with Gasteiger partial charge in [0.1, 0.15) is 0 Å². The van der Waals surface area contributed by atoms with Crippen LogP contribution in [0.2, 0.25) is 0 Å². The number of aryl methyl sites for hydroxylation is 1. The Labute approximate surface area is 126 Å². The van der Waals surface area contributed by atoms with Gasteiger partial charge in [-0.1, -0.05) is 30.0 Å². The van der Waals surface area contributed by atoms with E-state index in [1.54, 1.807) is 0 Å². The smallest absolute Gasteiger partial charge is 0.0555 e. The number of aromatic nitrogens is 1. The van der Waals surface area contributed by atoms with Crippen molar-refractivity contribution in [3.63, 3.8) is 0 Å². The maximum atomic E-state index is 5.37. The van der Waals surface area contributed by atoms with Gasteiger partial charge in [-0.3, -0.25) is 9.88 Å². The van der Waals surface area contributed by atoms with Gasteiger partial charge in [0.15, 0.2) is 0 Å². The molecule has 1 heterocycles. The van der Waals surface area contributed by atoms with Gasteiger partial charge in [0, 0.05) is 24.3 Å². The second-order valence-electron chi connectivity index (χ2n) is 5.15. The molecule has 2 N–H and O–H groups in total. The third-order valence-electron chi connectivity index (χ3n) is 3.12. The first-order valence-electron chi connectivity index (χ1n) is 7.06. The van der Waals surface area contributed by atoms with E-state index in [2.05, 4.69) is 53.0 Å². The van der Waals surface area contributed by atoms with Gasteiger partial charge in [-0.05, 0) is 43.8 Å². The zero-order valence-electron chi connectivity index (χ0n) is 12.6. The molecule has 0 spiro atoms. The van der Waals surface area contributed by atoms with E-state index in [1.807, 2.05) is 25.1 Å². The van der Waals surface area contributed by atoms with Crippen LogP contribution in [0.1, 0.15) is 22.5 Å². The molecule has 0 bridgehead atoms. The summed E-state index contributed by atoms with van der Waals surface area (Å²) in [5.41, 5.74) is 9.80. The lowest BCUT2D eigenvalue weighted by Gasteiger charge is -2.16. The normalized spacial score (nSPS) is 10.3. The molecule has 0 saturated carbocycles. The zero-order valence-corrected chi connectivity index (χ0v) is 12.6. The van der Waals surface area contributed by atoms with Crippen molar-refractivity contribution in [3.8, 4) is 11.8 Å². The molecule has 0 fully saturated rings. The Hall–Kier alpha value is -2.15. The van der Waals surface area contributed by atoms with Crippen LogP contribution in [0.4, 0.5) is 0 Å². The van der Waals surface area contributed by atoms with Crippen LogP contribution in [0.15, 0.2) is 42.5 Å². The lowest BCUT2D eigenvalue weighted by molar-refractivity contribution is 0.315. The Bertz CT molecular complexity index is 636. The topological polar surface area (TPSA) is 42.1 Å². The molecule has 0 aliphatic carbocycles. The molecule has 0 radical (unpaired) electrons. The fraction of sp³-hybridized carbons (Fsp3) is 0.278. The molecule has 0 atom stereocenters. The molecule has 0 aliphatic rings. The number of rotatable bonds is 4. The van der Waals surface area contributed by atoms with Crippen molar-refractivity contribution in [2.45, 2.75) is 20.0 Å². The maximum Gasteiger partial charge on any atom is 0.0555 e. The highest BCUT2D eigenvalue weighted by atomic mass is 15.1. The fourth-order valence-electron chi connectivity index (χ4n) is 2.18. The standard InChI is InChI=1S/C18H21N3/c1-15-5-3-7-18(20-15)14-21(2)13-17-10-8-16(9-11-17)6-4-12-19/h3,5,7-11H,12-14,19H2,1-2H3. The van der Waals surface area contributed by atoms with Crippen molar-refractivity contribution in [3.05, 3.63) is 65.0 Å². The number of pyridine rings is 1. The quantitative estimate of drug-likeness (QED) is 0.873. The summed E-state index contributed by atoms with van der Waals surface area (Å²) in [6, 6.07) is 14.4. The first-order valence-corrected chi connectivity index (χ1v) is 7.06. The van der Waals surface area contributed by atoms with E-state index in [0.29, 0.717) is 6.54 Å². The van der Waals surface area contributed by atoms with Gasteiger partial charge >= 0.3 is 0 Å². The van der Waals surface area contributed by atoms with Gasteiger partial charge in [-0.2, -0.15) is 0 Å². The van der Waals surface area contributed by atoms with Crippen LogP contribution < -0.4 is 5.73 Å². The number of nitrogens with two attached hydrogens (primary N) is 1. The van der Waals surface area contributed by atoms with Crippen LogP contribution in [0.25, 0.3) is 0 Å². The summed E-state index contributed by atoms with van der Waals surface area (Å²) in [7, 11) is 2.10. The third-order valence-corrected chi connectivity index (χ3v) is 3.12. The summed E-state index contributed by atoms with van der Waals surface area (Å²) < 4.78 is 0. The Morgan fingerprint density at radius 1 is 1.10 bits per heavy atom. The van der Waals surface area contributed by atoms with Crippen LogP contribution >= 0.6 is 0 Å². The van der Waals surface area contributed by atoms with Gasteiger partial charge in [0.25, 0.3) is 0 Å². The minimum absolute atomic E-state index is 0.397. The second kappa shape index (κ2) is 7.58. The van der Waals surface area contributed by atoms with Crippen LogP contribution in [0.3, 0.4) is 0 Å². The molecule has 2 aromatic rings. The number of nitrogens with zero attached hydrogens (tertiary/aromatic N) is 2. The van der Waals surface area contributed by atoms with Crippen LogP contribution in [0.5, 0.6) is 0 Å². The van der Waals surface area contributed by atoms with Gasteiger partial charge < -0.3 is 5.73 Å². The molecule has 1 aromatic carbocycles. The van der Waals surface area contributed by atoms with E-state index in [4.69, 9.17) is 5.73 Å². The third kappa shape index (κ3) is 5.03. The molecule has 1 aromatic heterocycles. The molecule has 3 nitrogen and oxygen atoms in total. The molecule has 21 heavy (non-hydrogen) atoms. The molecule has 3 heteroatoms. The molecular weight excluding hydrogens is 258 g/mol. The number of hydrogen-bond donors (Lipinski definition) is 1. The summed E-state index contributed by atoms with van der Waals surface area (Å²) >= 11 is 0. The molecule has 0 unspecified atom stereocenters. The summed E-state index contributed by atoms with van der Waals surface area (Å²) in [5.74, 6) is 5.89. The lowest BCUT2D eigenvalue weighted by atomic mass is 10.1. The van der Waals surface area contributed by atoms with Crippen molar-refractivity contribution in [1.82, 2.24) is 9.88 Å². The average molecular weight is 279 g/mol. The first-order chi connectivity index (χ1) is 10.2. The lowest BCUT2D eigenvalue weighted by Crippen LogP contribution is -2.18. The Morgan fingerprint density at radius 3 is 2.52 bits per heavy atom. The monoisotopic (exact) mass is 279 g/mol. The highest BCUT2D eigenvalue weighted by Crippen LogP contribution is 2.09. The Kier molecular flexibility index (Phi) is 5.51. The highest BCUT2D eigenvalue weighted by Gasteiger charge is 2.03. The highest BCUT2D eigenvalue weighted by molar-refractivity contribution is 5.36. The number of benzene rings is 1. The minimum atomic E-state index is 0.397. The summed E-state index contributed by atoms with van der Waals surface area (Å²) in [5, 5.41) is 0. The summed E-state index contributed by atoms with van der Waals surface area (Å²) in [6.07, 6.45) is 0. The van der Waals surface area contributed by atoms with Crippen LogP contribution in [-0.4, -0.2) is 23.5 Å². The molecule has 2 rings (SSSR count).